The summed E-state index contributed by atoms with van der Waals surface area (Å²) in [5.41, 5.74) is 0. The topological polar surface area (TPSA) is 58.2 Å². The zero-order valence-electron chi connectivity index (χ0n) is 13.3. The number of nitrogens with one attached hydrogen (secondary N) is 2. The Morgan fingerprint density at radius 3 is 2.57 bits per heavy atom. The van der Waals surface area contributed by atoms with E-state index < -0.39 is 10.0 Å². The van der Waals surface area contributed by atoms with Gasteiger partial charge in [-0.15, -0.1) is 11.3 Å². The molecule has 1 aromatic rings. The van der Waals surface area contributed by atoms with Gasteiger partial charge in [-0.3, -0.25) is 0 Å². The minimum absolute atomic E-state index is 0.428. The van der Waals surface area contributed by atoms with Gasteiger partial charge in [0.05, 0.1) is 0 Å². The zero-order chi connectivity index (χ0) is 15.7. The summed E-state index contributed by atoms with van der Waals surface area (Å²) in [6.07, 6.45) is 5.17. The van der Waals surface area contributed by atoms with E-state index in [4.69, 9.17) is 0 Å². The van der Waals surface area contributed by atoms with Gasteiger partial charge in [-0.2, -0.15) is 0 Å². The fourth-order valence-corrected chi connectivity index (χ4v) is 4.42. The molecule has 21 heavy (non-hydrogen) atoms. The summed E-state index contributed by atoms with van der Waals surface area (Å²) < 4.78 is 27.4. The number of sulfonamides is 1. The van der Waals surface area contributed by atoms with Crippen LogP contribution in [0.25, 0.3) is 0 Å². The van der Waals surface area contributed by atoms with Crippen molar-refractivity contribution in [1.82, 2.24) is 10.0 Å². The molecule has 6 heteroatoms. The van der Waals surface area contributed by atoms with Crippen LogP contribution in [0.15, 0.2) is 16.3 Å². The average molecular weight is 333 g/mol. The van der Waals surface area contributed by atoms with Crippen molar-refractivity contribution in [2.24, 2.45) is 0 Å². The number of rotatable bonds is 11. The quantitative estimate of drug-likeness (QED) is 0.612. The zero-order valence-corrected chi connectivity index (χ0v) is 14.9. The first-order valence-electron chi connectivity index (χ1n) is 7.77. The summed E-state index contributed by atoms with van der Waals surface area (Å²) in [5, 5.41) is 3.34. The van der Waals surface area contributed by atoms with Gasteiger partial charge in [0.25, 0.3) is 0 Å². The summed E-state index contributed by atoms with van der Waals surface area (Å²) in [4.78, 5) is 1.11. The standard InChI is InChI=1S/C15H28N2O2S2/c1-4-5-6-7-11-17-21(18,19)15-9-8-14(20-15)10-12-16-13(2)3/h8-9,13,16-17H,4-7,10-12H2,1-3H3. The Labute approximate surface area is 133 Å². The molecule has 0 saturated carbocycles. The molecule has 0 saturated heterocycles. The first kappa shape index (κ1) is 18.6. The molecule has 0 aliphatic heterocycles. The van der Waals surface area contributed by atoms with E-state index >= 15 is 0 Å². The fraction of sp³-hybridized carbons (Fsp3) is 0.733. The fourth-order valence-electron chi connectivity index (χ4n) is 1.95. The second-order valence-corrected chi connectivity index (χ2v) is 8.70. The van der Waals surface area contributed by atoms with E-state index in [1.807, 2.05) is 6.07 Å². The Kier molecular flexibility index (Phi) is 8.48. The van der Waals surface area contributed by atoms with Crippen LogP contribution < -0.4 is 10.0 Å². The Morgan fingerprint density at radius 1 is 1.14 bits per heavy atom. The Hall–Kier alpha value is -0.430. The van der Waals surface area contributed by atoms with Crippen LogP contribution in [0.5, 0.6) is 0 Å². The summed E-state index contributed by atoms with van der Waals surface area (Å²) in [7, 11) is -3.32. The molecular weight excluding hydrogens is 304 g/mol. The molecule has 0 fully saturated rings. The third kappa shape index (κ3) is 7.40. The van der Waals surface area contributed by atoms with Crippen LogP contribution in [-0.2, 0) is 16.4 Å². The van der Waals surface area contributed by atoms with Crippen molar-refractivity contribution < 1.29 is 8.42 Å². The smallest absolute Gasteiger partial charge is 0.250 e. The number of unbranched alkanes of at least 4 members (excludes halogenated alkanes) is 3. The van der Waals surface area contributed by atoms with Crippen molar-refractivity contribution >= 4 is 21.4 Å². The molecule has 4 nitrogen and oxygen atoms in total. The second kappa shape index (κ2) is 9.56. The Balaban J connectivity index is 2.42. The molecule has 0 atom stereocenters. The highest BCUT2D eigenvalue weighted by Crippen LogP contribution is 2.21. The lowest BCUT2D eigenvalue weighted by Crippen LogP contribution is -2.24. The minimum Gasteiger partial charge on any atom is -0.314 e. The minimum atomic E-state index is -3.32. The van der Waals surface area contributed by atoms with Crippen LogP contribution >= 0.6 is 11.3 Å². The lowest BCUT2D eigenvalue weighted by atomic mass is 10.2. The predicted octanol–water partition coefficient (Wildman–Crippen LogP) is 3.15. The van der Waals surface area contributed by atoms with E-state index in [0.29, 0.717) is 16.8 Å². The maximum Gasteiger partial charge on any atom is 0.250 e. The molecule has 0 bridgehead atoms. The highest BCUT2D eigenvalue weighted by atomic mass is 32.2. The van der Waals surface area contributed by atoms with Crippen LogP contribution in [0.3, 0.4) is 0 Å². The van der Waals surface area contributed by atoms with E-state index in [2.05, 4.69) is 30.8 Å². The van der Waals surface area contributed by atoms with E-state index in [1.54, 1.807) is 6.07 Å². The molecule has 1 heterocycles. The molecular formula is C15H28N2O2S2. The molecule has 0 aromatic carbocycles. The van der Waals surface area contributed by atoms with E-state index in [9.17, 15) is 8.42 Å². The van der Waals surface area contributed by atoms with Gasteiger partial charge in [0.1, 0.15) is 4.21 Å². The number of hydrogen-bond donors (Lipinski definition) is 2. The van der Waals surface area contributed by atoms with Crippen LogP contribution in [0.1, 0.15) is 51.3 Å². The van der Waals surface area contributed by atoms with Crippen LogP contribution in [-0.4, -0.2) is 27.5 Å². The number of hydrogen-bond acceptors (Lipinski definition) is 4. The molecule has 1 rings (SSSR count). The lowest BCUT2D eigenvalue weighted by molar-refractivity contribution is 0.575. The third-order valence-corrected chi connectivity index (χ3v) is 6.25. The van der Waals surface area contributed by atoms with Crippen LogP contribution in [0.4, 0.5) is 0 Å². The molecule has 1 aromatic heterocycles. The summed E-state index contributed by atoms with van der Waals surface area (Å²) >= 11 is 1.37. The molecule has 0 aliphatic carbocycles. The Morgan fingerprint density at radius 2 is 1.90 bits per heavy atom. The lowest BCUT2D eigenvalue weighted by Gasteiger charge is -2.06. The summed E-state index contributed by atoms with van der Waals surface area (Å²) in [6.45, 7) is 7.76. The van der Waals surface area contributed by atoms with Gasteiger partial charge in [0.15, 0.2) is 0 Å². The van der Waals surface area contributed by atoms with Crippen LogP contribution in [0.2, 0.25) is 0 Å². The third-order valence-electron chi connectivity index (χ3n) is 3.15. The molecule has 0 amide bonds. The van der Waals surface area contributed by atoms with Crippen molar-refractivity contribution in [2.75, 3.05) is 13.1 Å². The summed E-state index contributed by atoms with van der Waals surface area (Å²) in [6, 6.07) is 4.08. The van der Waals surface area contributed by atoms with Crippen molar-refractivity contribution in [3.8, 4) is 0 Å². The number of thiophene rings is 1. The normalized spacial score (nSPS) is 12.2. The first-order chi connectivity index (χ1) is 9.95. The molecule has 122 valence electrons. The molecule has 2 N–H and O–H groups in total. The average Bonchev–Trinajstić information content (AvgIpc) is 2.87. The molecule has 0 spiro atoms. The van der Waals surface area contributed by atoms with Gasteiger partial charge in [-0.05, 0) is 25.0 Å². The largest absolute Gasteiger partial charge is 0.314 e. The van der Waals surface area contributed by atoms with E-state index in [0.717, 1.165) is 43.5 Å². The first-order valence-corrected chi connectivity index (χ1v) is 10.1. The van der Waals surface area contributed by atoms with Gasteiger partial charge in [0.2, 0.25) is 10.0 Å². The van der Waals surface area contributed by atoms with Crippen molar-refractivity contribution in [3.63, 3.8) is 0 Å². The highest BCUT2D eigenvalue weighted by Gasteiger charge is 2.15. The maximum absolute atomic E-state index is 12.1. The van der Waals surface area contributed by atoms with Gasteiger partial charge in [-0.1, -0.05) is 40.0 Å². The monoisotopic (exact) mass is 332 g/mol. The second-order valence-electron chi connectivity index (χ2n) is 5.54. The van der Waals surface area contributed by atoms with Gasteiger partial charge in [-0.25, -0.2) is 13.1 Å². The van der Waals surface area contributed by atoms with Gasteiger partial charge >= 0.3 is 0 Å². The van der Waals surface area contributed by atoms with Crippen molar-refractivity contribution in [1.29, 1.82) is 0 Å². The summed E-state index contributed by atoms with van der Waals surface area (Å²) in [5.74, 6) is 0. The Bertz CT molecular complexity index is 496. The van der Waals surface area contributed by atoms with Crippen molar-refractivity contribution in [2.45, 2.75) is 63.1 Å². The SMILES string of the molecule is CCCCCCNS(=O)(=O)c1ccc(CCNC(C)C)s1. The van der Waals surface area contributed by atoms with E-state index in [1.165, 1.54) is 11.3 Å². The molecule has 0 aliphatic rings. The molecule has 0 radical (unpaired) electrons. The van der Waals surface area contributed by atoms with Crippen LogP contribution in [0, 0.1) is 0 Å². The molecule has 0 unspecified atom stereocenters. The van der Waals surface area contributed by atoms with Crippen molar-refractivity contribution in [3.05, 3.63) is 17.0 Å². The predicted molar refractivity (Wildman–Crippen MR) is 90.5 cm³/mol. The van der Waals surface area contributed by atoms with Gasteiger partial charge < -0.3 is 5.32 Å². The maximum atomic E-state index is 12.1. The van der Waals surface area contributed by atoms with E-state index in [-0.39, 0.29) is 0 Å². The van der Waals surface area contributed by atoms with Gasteiger partial charge in [0, 0.05) is 24.0 Å². The highest BCUT2D eigenvalue weighted by molar-refractivity contribution is 7.91.